The third-order valence-corrected chi connectivity index (χ3v) is 3.22. The van der Waals surface area contributed by atoms with Gasteiger partial charge in [-0.25, -0.2) is 0 Å². The fourth-order valence-corrected chi connectivity index (χ4v) is 2.60. The molecule has 1 aliphatic heterocycles. The maximum absolute atomic E-state index is 8.87. The highest BCUT2D eigenvalue weighted by molar-refractivity contribution is 5.56. The number of nitrogens with zero attached hydrogens (tertiary/aromatic N) is 2. The van der Waals surface area contributed by atoms with Gasteiger partial charge in [0, 0.05) is 30.9 Å². The van der Waals surface area contributed by atoms with Crippen LogP contribution in [0.25, 0.3) is 0 Å². The Morgan fingerprint density at radius 3 is 2.47 bits per heavy atom. The normalized spacial score (nSPS) is 24.5. The van der Waals surface area contributed by atoms with E-state index in [1.54, 1.807) is 0 Å². The van der Waals surface area contributed by atoms with Crippen molar-refractivity contribution in [3.63, 3.8) is 0 Å². The van der Waals surface area contributed by atoms with Gasteiger partial charge in [0.2, 0.25) is 0 Å². The summed E-state index contributed by atoms with van der Waals surface area (Å²) in [6.07, 6.45) is 0. The molecule has 1 aromatic carbocycles. The lowest BCUT2D eigenvalue weighted by atomic mass is 10.1. The molecule has 0 spiro atoms. The summed E-state index contributed by atoms with van der Waals surface area (Å²) in [6.45, 7) is 8.55. The second-order valence-electron chi connectivity index (χ2n) is 4.99. The first-order chi connectivity index (χ1) is 8.10. The molecule has 0 saturated carbocycles. The van der Waals surface area contributed by atoms with Crippen LogP contribution in [0.15, 0.2) is 18.2 Å². The van der Waals surface area contributed by atoms with E-state index in [9.17, 15) is 0 Å². The van der Waals surface area contributed by atoms with E-state index >= 15 is 0 Å². The van der Waals surface area contributed by atoms with E-state index in [1.165, 1.54) is 11.3 Å². The molecule has 0 radical (unpaired) electrons. The van der Waals surface area contributed by atoms with Crippen LogP contribution in [0.4, 0.5) is 5.69 Å². The highest BCUT2D eigenvalue weighted by Gasteiger charge is 2.21. The molecule has 3 heteroatoms. The second kappa shape index (κ2) is 4.77. The van der Waals surface area contributed by atoms with Gasteiger partial charge in [-0.3, -0.25) is 0 Å². The predicted octanol–water partition coefficient (Wildman–Crippen LogP) is 2.05. The van der Waals surface area contributed by atoms with Crippen LogP contribution < -0.4 is 10.2 Å². The lowest BCUT2D eigenvalue weighted by Gasteiger charge is -2.38. The fraction of sp³-hybridized carbons (Fsp3) is 0.500. The summed E-state index contributed by atoms with van der Waals surface area (Å²) in [5.41, 5.74) is 3.18. The average Bonchev–Trinajstić information content (AvgIpc) is 2.27. The average molecular weight is 229 g/mol. The van der Waals surface area contributed by atoms with Gasteiger partial charge in [-0.15, -0.1) is 0 Å². The van der Waals surface area contributed by atoms with Crippen molar-refractivity contribution in [2.45, 2.75) is 32.9 Å². The number of piperazine rings is 1. The Hall–Kier alpha value is -1.53. The van der Waals surface area contributed by atoms with Crippen LogP contribution in [0, 0.1) is 18.3 Å². The molecule has 1 fully saturated rings. The largest absolute Gasteiger partial charge is 0.368 e. The number of anilines is 1. The van der Waals surface area contributed by atoms with Gasteiger partial charge in [0.05, 0.1) is 11.6 Å². The summed E-state index contributed by atoms with van der Waals surface area (Å²) in [5.74, 6) is 0. The van der Waals surface area contributed by atoms with E-state index in [4.69, 9.17) is 5.26 Å². The lowest BCUT2D eigenvalue weighted by molar-refractivity contribution is 0.406. The molecular weight excluding hydrogens is 210 g/mol. The zero-order valence-corrected chi connectivity index (χ0v) is 10.7. The van der Waals surface area contributed by atoms with Gasteiger partial charge in [-0.2, -0.15) is 5.26 Å². The van der Waals surface area contributed by atoms with Gasteiger partial charge >= 0.3 is 0 Å². The van der Waals surface area contributed by atoms with Crippen molar-refractivity contribution < 1.29 is 0 Å². The van der Waals surface area contributed by atoms with E-state index in [-0.39, 0.29) is 0 Å². The first kappa shape index (κ1) is 11.9. The van der Waals surface area contributed by atoms with Crippen LogP contribution in [0.2, 0.25) is 0 Å². The summed E-state index contributed by atoms with van der Waals surface area (Å²) in [6, 6.07) is 9.14. The van der Waals surface area contributed by atoms with Gasteiger partial charge in [0.25, 0.3) is 0 Å². The second-order valence-corrected chi connectivity index (χ2v) is 4.99. The first-order valence-corrected chi connectivity index (χ1v) is 6.12. The molecule has 2 rings (SSSR count). The number of rotatable bonds is 1. The molecule has 17 heavy (non-hydrogen) atoms. The van der Waals surface area contributed by atoms with Crippen molar-refractivity contribution in [3.8, 4) is 6.07 Å². The zero-order chi connectivity index (χ0) is 12.4. The van der Waals surface area contributed by atoms with E-state index < -0.39 is 0 Å². The Morgan fingerprint density at radius 2 is 1.94 bits per heavy atom. The van der Waals surface area contributed by atoms with Crippen molar-refractivity contribution in [1.82, 2.24) is 5.32 Å². The number of hydrogen-bond acceptors (Lipinski definition) is 3. The van der Waals surface area contributed by atoms with Gasteiger partial charge < -0.3 is 10.2 Å². The molecule has 1 N–H and O–H groups in total. The van der Waals surface area contributed by atoms with Crippen molar-refractivity contribution in [2.24, 2.45) is 0 Å². The topological polar surface area (TPSA) is 39.1 Å². The maximum atomic E-state index is 8.87. The minimum Gasteiger partial charge on any atom is -0.368 e. The van der Waals surface area contributed by atoms with Crippen LogP contribution in [-0.4, -0.2) is 25.2 Å². The molecule has 0 bridgehead atoms. The molecule has 0 aliphatic carbocycles. The van der Waals surface area contributed by atoms with E-state index in [1.807, 2.05) is 12.1 Å². The van der Waals surface area contributed by atoms with Crippen LogP contribution >= 0.6 is 0 Å². The molecule has 1 aliphatic rings. The first-order valence-electron chi connectivity index (χ1n) is 6.12. The maximum Gasteiger partial charge on any atom is 0.0991 e. The molecule has 1 aromatic rings. The molecule has 2 atom stereocenters. The Bertz CT molecular complexity index is 437. The number of nitriles is 1. The Balaban J connectivity index is 2.25. The minimum absolute atomic E-state index is 0.508. The standard InChI is InChI=1S/C14H19N3/c1-10-6-13(7-15)4-5-14(10)17-8-11(2)16-12(3)9-17/h4-6,11-12,16H,8-9H2,1-3H3. The predicted molar refractivity (Wildman–Crippen MR) is 70.2 cm³/mol. The summed E-state index contributed by atoms with van der Waals surface area (Å²) in [5, 5.41) is 12.4. The highest BCUT2D eigenvalue weighted by atomic mass is 15.2. The van der Waals surface area contributed by atoms with Gasteiger partial charge in [0.15, 0.2) is 0 Å². The van der Waals surface area contributed by atoms with Crippen molar-refractivity contribution >= 4 is 5.69 Å². The molecule has 1 heterocycles. The van der Waals surface area contributed by atoms with Gasteiger partial charge in [-0.05, 0) is 44.5 Å². The number of hydrogen-bond donors (Lipinski definition) is 1. The summed E-state index contributed by atoms with van der Waals surface area (Å²) < 4.78 is 0. The number of benzene rings is 1. The van der Waals surface area contributed by atoms with Crippen molar-refractivity contribution in [3.05, 3.63) is 29.3 Å². The molecule has 0 amide bonds. The Kier molecular flexibility index (Phi) is 3.35. The fourth-order valence-electron chi connectivity index (χ4n) is 2.60. The van der Waals surface area contributed by atoms with Crippen LogP contribution in [-0.2, 0) is 0 Å². The van der Waals surface area contributed by atoms with Crippen LogP contribution in [0.1, 0.15) is 25.0 Å². The van der Waals surface area contributed by atoms with Gasteiger partial charge in [0.1, 0.15) is 0 Å². The molecule has 0 aromatic heterocycles. The lowest BCUT2D eigenvalue weighted by Crippen LogP contribution is -2.54. The summed E-state index contributed by atoms with van der Waals surface area (Å²) in [4.78, 5) is 2.41. The van der Waals surface area contributed by atoms with Crippen molar-refractivity contribution in [1.29, 1.82) is 5.26 Å². The number of aryl methyl sites for hydroxylation is 1. The molecule has 1 saturated heterocycles. The monoisotopic (exact) mass is 229 g/mol. The third kappa shape index (κ3) is 2.59. The zero-order valence-electron chi connectivity index (χ0n) is 10.7. The van der Waals surface area contributed by atoms with Gasteiger partial charge in [-0.1, -0.05) is 0 Å². The third-order valence-electron chi connectivity index (χ3n) is 3.22. The molecule has 90 valence electrons. The number of nitrogens with one attached hydrogen (secondary N) is 1. The van der Waals surface area contributed by atoms with Crippen LogP contribution in [0.5, 0.6) is 0 Å². The molecular formula is C14H19N3. The summed E-state index contributed by atoms with van der Waals surface area (Å²) in [7, 11) is 0. The van der Waals surface area contributed by atoms with E-state index in [0.29, 0.717) is 12.1 Å². The van der Waals surface area contributed by atoms with Crippen LogP contribution in [0.3, 0.4) is 0 Å². The SMILES string of the molecule is Cc1cc(C#N)ccc1N1CC(C)NC(C)C1. The smallest absolute Gasteiger partial charge is 0.0991 e. The summed E-state index contributed by atoms with van der Waals surface area (Å²) >= 11 is 0. The Labute approximate surface area is 103 Å². The molecule has 2 unspecified atom stereocenters. The minimum atomic E-state index is 0.508. The molecule has 3 nitrogen and oxygen atoms in total. The van der Waals surface area contributed by atoms with E-state index in [0.717, 1.165) is 18.7 Å². The Morgan fingerprint density at radius 1 is 1.29 bits per heavy atom. The van der Waals surface area contributed by atoms with E-state index in [2.05, 4.69) is 43.1 Å². The highest BCUT2D eigenvalue weighted by Crippen LogP contribution is 2.23. The quantitative estimate of drug-likeness (QED) is 0.801. The van der Waals surface area contributed by atoms with Crippen molar-refractivity contribution in [2.75, 3.05) is 18.0 Å².